The molecule has 0 aromatic heterocycles. The Balaban J connectivity index is 1.74. The first-order valence-corrected chi connectivity index (χ1v) is 5.49. The smallest absolute Gasteiger partial charge is 0.00435 e. The quantitative estimate of drug-likeness (QED) is 0.634. The molecule has 0 bridgehead atoms. The van der Waals surface area contributed by atoms with Gasteiger partial charge in [0.15, 0.2) is 0 Å². The summed E-state index contributed by atoms with van der Waals surface area (Å²) >= 11 is 0. The SMILES string of the molecule is NCC1CCCC12CC1(CC1)C2. The first kappa shape index (κ1) is 7.37. The third kappa shape index (κ3) is 0.783. The van der Waals surface area contributed by atoms with Crippen molar-refractivity contribution in [3.8, 4) is 0 Å². The fourth-order valence-corrected chi connectivity index (χ4v) is 4.02. The summed E-state index contributed by atoms with van der Waals surface area (Å²) in [6.07, 6.45) is 10.5. The molecule has 3 aliphatic rings. The molecule has 2 N–H and O–H groups in total. The predicted octanol–water partition coefficient (Wildman–Crippen LogP) is 2.31. The highest BCUT2D eigenvalue weighted by molar-refractivity contribution is 5.14. The molecule has 3 saturated carbocycles. The lowest BCUT2D eigenvalue weighted by molar-refractivity contribution is 0.000126. The molecule has 0 radical (unpaired) electrons. The second kappa shape index (κ2) is 2.06. The third-order valence-electron chi connectivity index (χ3n) is 4.79. The van der Waals surface area contributed by atoms with Crippen LogP contribution in [0.5, 0.6) is 0 Å². The molecule has 1 unspecified atom stereocenters. The zero-order valence-electron chi connectivity index (χ0n) is 7.81. The van der Waals surface area contributed by atoms with Crippen LogP contribution in [-0.4, -0.2) is 6.54 Å². The standard InChI is InChI=1S/C11H19N/c12-6-9-2-1-3-11(9)7-10(8-11)4-5-10/h9H,1-8,12H2. The van der Waals surface area contributed by atoms with Crippen molar-refractivity contribution < 1.29 is 0 Å². The van der Waals surface area contributed by atoms with Gasteiger partial charge in [0.05, 0.1) is 0 Å². The summed E-state index contributed by atoms with van der Waals surface area (Å²) in [6.45, 7) is 0.954. The van der Waals surface area contributed by atoms with Crippen LogP contribution in [0.1, 0.15) is 44.9 Å². The molecular weight excluding hydrogens is 146 g/mol. The molecular formula is C11H19N. The van der Waals surface area contributed by atoms with E-state index >= 15 is 0 Å². The lowest BCUT2D eigenvalue weighted by atomic mass is 9.55. The summed E-state index contributed by atoms with van der Waals surface area (Å²) in [5.74, 6) is 0.892. The van der Waals surface area contributed by atoms with Gasteiger partial charge >= 0.3 is 0 Å². The van der Waals surface area contributed by atoms with Crippen molar-refractivity contribution in [3.05, 3.63) is 0 Å². The maximum Gasteiger partial charge on any atom is -0.00435 e. The van der Waals surface area contributed by atoms with Crippen molar-refractivity contribution in [3.63, 3.8) is 0 Å². The summed E-state index contributed by atoms with van der Waals surface area (Å²) in [5.41, 5.74) is 7.46. The van der Waals surface area contributed by atoms with E-state index in [0.29, 0.717) is 0 Å². The van der Waals surface area contributed by atoms with Gasteiger partial charge in [-0.1, -0.05) is 6.42 Å². The largest absolute Gasteiger partial charge is 0.330 e. The minimum atomic E-state index is 0.755. The highest BCUT2D eigenvalue weighted by Crippen LogP contribution is 2.73. The first-order chi connectivity index (χ1) is 5.79. The van der Waals surface area contributed by atoms with Gasteiger partial charge in [0.2, 0.25) is 0 Å². The molecule has 1 nitrogen and oxygen atoms in total. The molecule has 68 valence electrons. The molecule has 1 atom stereocenters. The van der Waals surface area contributed by atoms with Crippen molar-refractivity contribution in [2.45, 2.75) is 44.9 Å². The minimum absolute atomic E-state index is 0.755. The molecule has 3 rings (SSSR count). The van der Waals surface area contributed by atoms with E-state index in [-0.39, 0.29) is 0 Å². The summed E-state index contributed by atoms with van der Waals surface area (Å²) in [7, 11) is 0. The van der Waals surface area contributed by atoms with Gasteiger partial charge in [-0.15, -0.1) is 0 Å². The molecule has 0 aliphatic heterocycles. The molecule has 0 aromatic carbocycles. The maximum atomic E-state index is 5.83. The summed E-state index contributed by atoms with van der Waals surface area (Å²) in [5, 5.41) is 0. The van der Waals surface area contributed by atoms with E-state index in [9.17, 15) is 0 Å². The maximum absolute atomic E-state index is 5.83. The average molecular weight is 165 g/mol. The van der Waals surface area contributed by atoms with Crippen LogP contribution in [0, 0.1) is 16.7 Å². The summed E-state index contributed by atoms with van der Waals surface area (Å²) < 4.78 is 0. The second-order valence-corrected chi connectivity index (χ2v) is 5.54. The zero-order valence-corrected chi connectivity index (χ0v) is 7.81. The van der Waals surface area contributed by atoms with Crippen LogP contribution in [0.15, 0.2) is 0 Å². The van der Waals surface area contributed by atoms with Crippen LogP contribution < -0.4 is 5.73 Å². The van der Waals surface area contributed by atoms with Gasteiger partial charge in [-0.2, -0.15) is 0 Å². The molecule has 2 spiro atoms. The van der Waals surface area contributed by atoms with E-state index < -0.39 is 0 Å². The topological polar surface area (TPSA) is 26.0 Å². The van der Waals surface area contributed by atoms with E-state index in [4.69, 9.17) is 5.73 Å². The molecule has 12 heavy (non-hydrogen) atoms. The zero-order chi connectivity index (χ0) is 8.23. The highest BCUT2D eigenvalue weighted by atomic mass is 14.7. The van der Waals surface area contributed by atoms with Gasteiger partial charge in [0.1, 0.15) is 0 Å². The van der Waals surface area contributed by atoms with E-state index in [1.165, 1.54) is 32.1 Å². The number of hydrogen-bond donors (Lipinski definition) is 1. The number of rotatable bonds is 1. The summed E-state index contributed by atoms with van der Waals surface area (Å²) in [6, 6.07) is 0. The van der Waals surface area contributed by atoms with Gasteiger partial charge in [-0.3, -0.25) is 0 Å². The lowest BCUT2D eigenvalue weighted by Gasteiger charge is -2.50. The van der Waals surface area contributed by atoms with Crippen LogP contribution in [0.25, 0.3) is 0 Å². The molecule has 3 aliphatic carbocycles. The Morgan fingerprint density at radius 3 is 2.50 bits per heavy atom. The van der Waals surface area contributed by atoms with Crippen molar-refractivity contribution in [1.29, 1.82) is 0 Å². The molecule has 1 heteroatoms. The van der Waals surface area contributed by atoms with E-state index in [1.807, 2.05) is 0 Å². The Morgan fingerprint density at radius 2 is 1.92 bits per heavy atom. The second-order valence-electron chi connectivity index (χ2n) is 5.54. The fraction of sp³-hybridized carbons (Fsp3) is 1.00. The highest BCUT2D eigenvalue weighted by Gasteiger charge is 2.63. The molecule has 0 aromatic rings. The normalized spacial score (nSPS) is 40.2. The first-order valence-electron chi connectivity index (χ1n) is 5.49. The lowest BCUT2D eigenvalue weighted by Crippen LogP contribution is -2.43. The Kier molecular flexibility index (Phi) is 1.27. The van der Waals surface area contributed by atoms with Crippen molar-refractivity contribution in [1.82, 2.24) is 0 Å². The number of nitrogens with two attached hydrogens (primary N) is 1. The van der Waals surface area contributed by atoms with E-state index in [1.54, 1.807) is 12.8 Å². The third-order valence-corrected chi connectivity index (χ3v) is 4.79. The Morgan fingerprint density at radius 1 is 1.17 bits per heavy atom. The Hall–Kier alpha value is -0.0400. The van der Waals surface area contributed by atoms with Crippen LogP contribution in [0.3, 0.4) is 0 Å². The predicted molar refractivity (Wildman–Crippen MR) is 49.7 cm³/mol. The van der Waals surface area contributed by atoms with Crippen molar-refractivity contribution in [2.75, 3.05) is 6.54 Å². The van der Waals surface area contributed by atoms with Crippen LogP contribution in [-0.2, 0) is 0 Å². The van der Waals surface area contributed by atoms with Crippen LogP contribution in [0.2, 0.25) is 0 Å². The summed E-state index contributed by atoms with van der Waals surface area (Å²) in [4.78, 5) is 0. The molecule has 3 fully saturated rings. The van der Waals surface area contributed by atoms with Crippen molar-refractivity contribution in [2.24, 2.45) is 22.5 Å². The van der Waals surface area contributed by atoms with Gasteiger partial charge in [-0.25, -0.2) is 0 Å². The minimum Gasteiger partial charge on any atom is -0.330 e. The van der Waals surface area contributed by atoms with E-state index in [0.717, 1.165) is 23.3 Å². The Bertz CT molecular complexity index is 197. The van der Waals surface area contributed by atoms with Crippen LogP contribution >= 0.6 is 0 Å². The van der Waals surface area contributed by atoms with Gasteiger partial charge in [0, 0.05) is 0 Å². The fourth-order valence-electron chi connectivity index (χ4n) is 4.02. The van der Waals surface area contributed by atoms with Gasteiger partial charge in [0.25, 0.3) is 0 Å². The molecule has 0 saturated heterocycles. The monoisotopic (exact) mass is 165 g/mol. The van der Waals surface area contributed by atoms with E-state index in [2.05, 4.69) is 0 Å². The molecule has 0 heterocycles. The Labute approximate surface area is 74.7 Å². The van der Waals surface area contributed by atoms with Gasteiger partial charge in [-0.05, 0) is 61.8 Å². The average Bonchev–Trinajstić information content (AvgIpc) is 2.62. The van der Waals surface area contributed by atoms with Crippen LogP contribution in [0.4, 0.5) is 0 Å². The molecule has 0 amide bonds. The van der Waals surface area contributed by atoms with Gasteiger partial charge < -0.3 is 5.73 Å². The van der Waals surface area contributed by atoms with Crippen molar-refractivity contribution >= 4 is 0 Å². The number of hydrogen-bond acceptors (Lipinski definition) is 1.